The Balaban J connectivity index is 2.19. The van der Waals surface area contributed by atoms with Crippen LogP contribution in [0.4, 0.5) is 0 Å². The lowest BCUT2D eigenvalue weighted by Crippen LogP contribution is -2.38. The van der Waals surface area contributed by atoms with Gasteiger partial charge in [-0.25, -0.2) is 4.98 Å². The molecule has 1 amide bonds. The zero-order valence-corrected chi connectivity index (χ0v) is 10.7. The number of imidazole rings is 1. The third-order valence-corrected chi connectivity index (χ3v) is 3.27. The molecule has 94 valence electrons. The number of aromatic nitrogens is 2. The lowest BCUT2D eigenvalue weighted by molar-refractivity contribution is -0.129. The molecule has 1 aliphatic heterocycles. The predicted octanol–water partition coefficient (Wildman–Crippen LogP) is 0.301. The summed E-state index contributed by atoms with van der Waals surface area (Å²) < 4.78 is 2.12. The fraction of sp³-hybridized carbons (Fsp3) is 0.667. The standard InChI is InChI=1S/C12H20N4O/c1-12(2,11(17)13-3)7-16-8-15-9-6-14-5-4-10(9)16/h8,14H,4-7H2,1-3H3,(H,13,17). The first-order valence-corrected chi connectivity index (χ1v) is 6.00. The Morgan fingerprint density at radius 2 is 2.41 bits per heavy atom. The Bertz CT molecular complexity index is 422. The van der Waals surface area contributed by atoms with Crippen molar-refractivity contribution in [3.8, 4) is 0 Å². The maximum Gasteiger partial charge on any atom is 0.227 e. The minimum atomic E-state index is -0.409. The number of nitrogens with one attached hydrogen (secondary N) is 2. The molecule has 2 rings (SSSR count). The minimum absolute atomic E-state index is 0.0638. The second kappa shape index (κ2) is 4.49. The Hall–Kier alpha value is -1.36. The van der Waals surface area contributed by atoms with Crippen LogP contribution in [0, 0.1) is 5.41 Å². The smallest absolute Gasteiger partial charge is 0.227 e. The first-order chi connectivity index (χ1) is 8.04. The van der Waals surface area contributed by atoms with Gasteiger partial charge in [0.05, 0.1) is 17.4 Å². The maximum absolute atomic E-state index is 11.8. The number of carbonyl (C=O) groups is 1. The average molecular weight is 236 g/mol. The number of hydrogen-bond donors (Lipinski definition) is 2. The van der Waals surface area contributed by atoms with Crippen molar-refractivity contribution < 1.29 is 4.79 Å². The van der Waals surface area contributed by atoms with Gasteiger partial charge in [0, 0.05) is 38.8 Å². The molecule has 0 aliphatic carbocycles. The van der Waals surface area contributed by atoms with Crippen LogP contribution < -0.4 is 10.6 Å². The summed E-state index contributed by atoms with van der Waals surface area (Å²) in [6.45, 7) is 6.41. The Morgan fingerprint density at radius 3 is 3.12 bits per heavy atom. The van der Waals surface area contributed by atoms with Gasteiger partial charge in [-0.3, -0.25) is 4.79 Å². The Labute approximate surface area is 102 Å². The van der Waals surface area contributed by atoms with Crippen molar-refractivity contribution in [3.05, 3.63) is 17.7 Å². The van der Waals surface area contributed by atoms with Crippen LogP contribution in [0.2, 0.25) is 0 Å². The summed E-state index contributed by atoms with van der Waals surface area (Å²) in [5.74, 6) is 0.0638. The van der Waals surface area contributed by atoms with Crippen molar-refractivity contribution in [1.29, 1.82) is 0 Å². The molecule has 0 saturated heterocycles. The highest BCUT2D eigenvalue weighted by molar-refractivity contribution is 5.81. The number of nitrogens with zero attached hydrogens (tertiary/aromatic N) is 2. The van der Waals surface area contributed by atoms with Gasteiger partial charge in [0.15, 0.2) is 0 Å². The molecule has 0 unspecified atom stereocenters. The molecule has 0 bridgehead atoms. The number of fused-ring (bicyclic) bond motifs is 1. The summed E-state index contributed by atoms with van der Waals surface area (Å²) in [5, 5.41) is 6.01. The summed E-state index contributed by atoms with van der Waals surface area (Å²) in [4.78, 5) is 16.2. The summed E-state index contributed by atoms with van der Waals surface area (Å²) >= 11 is 0. The van der Waals surface area contributed by atoms with E-state index in [9.17, 15) is 4.79 Å². The number of hydrogen-bond acceptors (Lipinski definition) is 3. The molecule has 0 radical (unpaired) electrons. The first kappa shape index (κ1) is 12.1. The molecule has 5 nitrogen and oxygen atoms in total. The van der Waals surface area contributed by atoms with Crippen LogP contribution in [0.25, 0.3) is 0 Å². The molecule has 1 aromatic rings. The Morgan fingerprint density at radius 1 is 1.65 bits per heavy atom. The molecule has 0 aromatic carbocycles. The number of amides is 1. The van der Waals surface area contributed by atoms with Gasteiger partial charge >= 0.3 is 0 Å². The van der Waals surface area contributed by atoms with Gasteiger partial charge < -0.3 is 15.2 Å². The predicted molar refractivity (Wildman–Crippen MR) is 65.5 cm³/mol. The van der Waals surface area contributed by atoms with Crippen molar-refractivity contribution in [2.45, 2.75) is 33.4 Å². The van der Waals surface area contributed by atoms with Crippen molar-refractivity contribution in [3.63, 3.8) is 0 Å². The van der Waals surface area contributed by atoms with Crippen LogP contribution in [0.1, 0.15) is 25.2 Å². The fourth-order valence-electron chi connectivity index (χ4n) is 2.27. The van der Waals surface area contributed by atoms with E-state index in [1.54, 1.807) is 7.05 Å². The molecule has 2 N–H and O–H groups in total. The topological polar surface area (TPSA) is 59.0 Å². The first-order valence-electron chi connectivity index (χ1n) is 6.00. The second-order valence-corrected chi connectivity index (χ2v) is 5.16. The second-order valence-electron chi connectivity index (χ2n) is 5.16. The largest absolute Gasteiger partial charge is 0.359 e. The van der Waals surface area contributed by atoms with Crippen LogP contribution >= 0.6 is 0 Å². The molecular weight excluding hydrogens is 216 g/mol. The monoisotopic (exact) mass is 236 g/mol. The minimum Gasteiger partial charge on any atom is -0.359 e. The zero-order chi connectivity index (χ0) is 12.5. The third-order valence-electron chi connectivity index (χ3n) is 3.27. The van der Waals surface area contributed by atoms with E-state index < -0.39 is 5.41 Å². The van der Waals surface area contributed by atoms with Crippen LogP contribution in [-0.4, -0.2) is 29.1 Å². The summed E-state index contributed by atoms with van der Waals surface area (Å²) in [6.07, 6.45) is 2.83. The number of rotatable bonds is 3. The molecule has 0 atom stereocenters. The Kier molecular flexibility index (Phi) is 3.19. The van der Waals surface area contributed by atoms with Gasteiger partial charge in [-0.1, -0.05) is 0 Å². The highest BCUT2D eigenvalue weighted by Gasteiger charge is 2.28. The van der Waals surface area contributed by atoms with E-state index in [4.69, 9.17) is 0 Å². The normalized spacial score (nSPS) is 15.5. The average Bonchev–Trinajstić information content (AvgIpc) is 2.71. The zero-order valence-electron chi connectivity index (χ0n) is 10.7. The van der Waals surface area contributed by atoms with Crippen molar-refractivity contribution in [2.75, 3.05) is 13.6 Å². The van der Waals surface area contributed by atoms with Gasteiger partial charge in [0.1, 0.15) is 0 Å². The van der Waals surface area contributed by atoms with Crippen LogP contribution in [-0.2, 0) is 24.3 Å². The maximum atomic E-state index is 11.8. The lowest BCUT2D eigenvalue weighted by Gasteiger charge is -2.25. The van der Waals surface area contributed by atoms with E-state index in [1.165, 1.54) is 5.69 Å². The fourth-order valence-corrected chi connectivity index (χ4v) is 2.27. The SMILES string of the molecule is CNC(=O)C(C)(C)Cn1cnc2c1CCNC2. The molecule has 0 fully saturated rings. The molecule has 1 aliphatic rings. The van der Waals surface area contributed by atoms with E-state index in [-0.39, 0.29) is 5.91 Å². The van der Waals surface area contributed by atoms with Crippen LogP contribution in [0.3, 0.4) is 0 Å². The quantitative estimate of drug-likeness (QED) is 0.793. The van der Waals surface area contributed by atoms with Gasteiger partial charge in [0.2, 0.25) is 5.91 Å². The lowest BCUT2D eigenvalue weighted by atomic mass is 9.92. The van der Waals surface area contributed by atoms with E-state index >= 15 is 0 Å². The van der Waals surface area contributed by atoms with Crippen molar-refractivity contribution in [1.82, 2.24) is 20.2 Å². The molecule has 5 heteroatoms. The summed E-state index contributed by atoms with van der Waals surface area (Å²) in [6, 6.07) is 0. The third kappa shape index (κ3) is 2.34. The van der Waals surface area contributed by atoms with Gasteiger partial charge in [-0.05, 0) is 13.8 Å². The van der Waals surface area contributed by atoms with E-state index in [0.717, 1.165) is 25.2 Å². The van der Waals surface area contributed by atoms with E-state index in [0.29, 0.717) is 6.54 Å². The molecular formula is C12H20N4O. The van der Waals surface area contributed by atoms with Crippen LogP contribution in [0.5, 0.6) is 0 Å². The van der Waals surface area contributed by atoms with Crippen molar-refractivity contribution >= 4 is 5.91 Å². The molecule has 0 saturated carbocycles. The van der Waals surface area contributed by atoms with Crippen molar-refractivity contribution in [2.24, 2.45) is 5.41 Å². The van der Waals surface area contributed by atoms with E-state index in [1.807, 2.05) is 20.2 Å². The van der Waals surface area contributed by atoms with Gasteiger partial charge in [-0.2, -0.15) is 0 Å². The van der Waals surface area contributed by atoms with Gasteiger partial charge in [-0.15, -0.1) is 0 Å². The molecule has 2 heterocycles. The highest BCUT2D eigenvalue weighted by atomic mass is 16.2. The van der Waals surface area contributed by atoms with E-state index in [2.05, 4.69) is 20.2 Å². The highest BCUT2D eigenvalue weighted by Crippen LogP contribution is 2.21. The summed E-state index contributed by atoms with van der Waals surface area (Å²) in [5.41, 5.74) is 1.97. The molecule has 1 aromatic heterocycles. The molecule has 0 spiro atoms. The van der Waals surface area contributed by atoms with Gasteiger partial charge in [0.25, 0.3) is 0 Å². The van der Waals surface area contributed by atoms with Crippen LogP contribution in [0.15, 0.2) is 6.33 Å². The summed E-state index contributed by atoms with van der Waals surface area (Å²) in [7, 11) is 1.68. The molecule has 17 heavy (non-hydrogen) atoms. The number of carbonyl (C=O) groups excluding carboxylic acids is 1.